The van der Waals surface area contributed by atoms with Gasteiger partial charge in [0.2, 0.25) is 0 Å². The van der Waals surface area contributed by atoms with Crippen LogP contribution < -0.4 is 16.6 Å². The number of nitrogens with two attached hydrogens (primary N) is 1. The van der Waals surface area contributed by atoms with Gasteiger partial charge in [-0.05, 0) is 30.3 Å². The molecule has 0 saturated heterocycles. The number of rotatable bonds is 7. The van der Waals surface area contributed by atoms with Gasteiger partial charge in [0, 0.05) is 42.5 Å². The molecule has 3 rings (SSSR count). The molecule has 14 heteroatoms. The van der Waals surface area contributed by atoms with E-state index in [-0.39, 0.29) is 27.8 Å². The van der Waals surface area contributed by atoms with Gasteiger partial charge < -0.3 is 20.7 Å². The van der Waals surface area contributed by atoms with E-state index in [9.17, 15) is 32.3 Å². The number of nitrogens with one attached hydrogen (secondary N) is 1. The summed E-state index contributed by atoms with van der Waals surface area (Å²) in [5, 5.41) is 15.4. The Morgan fingerprint density at radius 2 is 2.00 bits per heavy atom. The van der Waals surface area contributed by atoms with Crippen LogP contribution in [0.1, 0.15) is 21.6 Å². The van der Waals surface area contributed by atoms with Crippen LogP contribution in [0.25, 0.3) is 11.4 Å². The lowest BCUT2D eigenvalue weighted by atomic mass is 10.1. The van der Waals surface area contributed by atoms with E-state index < -0.39 is 34.8 Å². The number of nitrogens with zero attached hydrogens (tertiary/aromatic N) is 4. The third-order valence-corrected chi connectivity index (χ3v) is 4.97. The van der Waals surface area contributed by atoms with Crippen molar-refractivity contribution in [2.75, 3.05) is 5.32 Å². The lowest BCUT2D eigenvalue weighted by Crippen LogP contribution is -2.25. The van der Waals surface area contributed by atoms with Crippen LogP contribution in [-0.2, 0) is 13.2 Å². The maximum Gasteiger partial charge on any atom is 0.435 e. The molecule has 0 fully saturated rings. The fraction of sp³-hybridized carbons (Fsp3) is 0.0909. The summed E-state index contributed by atoms with van der Waals surface area (Å²) in [6, 6.07) is 5.45. The van der Waals surface area contributed by atoms with E-state index in [0.29, 0.717) is 11.8 Å². The summed E-state index contributed by atoms with van der Waals surface area (Å²) in [6.07, 6.45) is -1.45. The number of hydrogen-bond donors (Lipinski definition) is 3. The van der Waals surface area contributed by atoms with E-state index >= 15 is 0 Å². The fourth-order valence-electron chi connectivity index (χ4n) is 2.95. The van der Waals surface area contributed by atoms with E-state index in [1.807, 2.05) is 0 Å². The monoisotopic (exact) mass is 524 g/mol. The van der Waals surface area contributed by atoms with E-state index in [1.165, 1.54) is 25.4 Å². The largest absolute Gasteiger partial charge is 0.477 e. The van der Waals surface area contributed by atoms with Gasteiger partial charge in [-0.3, -0.25) is 4.79 Å². The average molecular weight is 525 g/mol. The highest BCUT2D eigenvalue weighted by Gasteiger charge is 2.33. The van der Waals surface area contributed by atoms with Gasteiger partial charge in [-0.15, -0.1) is 0 Å². The van der Waals surface area contributed by atoms with Gasteiger partial charge in [-0.2, -0.15) is 18.3 Å². The molecule has 1 aromatic carbocycles. The standard InChI is InChI=1S/C22H17ClF4N6O3/c1-11(30-13-3-4-17(24)16(23)8-13)29-9-15(12-7-14(21(35)36)20(34)32(2)10-12)19(28)33-6-5-18(31-33)22(25,26)27/h3-10,30H,1,28H2,2H3,(H,35,36)/b19-15-,29-9-. The van der Waals surface area contributed by atoms with Crippen LogP contribution in [0.2, 0.25) is 5.02 Å². The van der Waals surface area contributed by atoms with Gasteiger partial charge in [0.05, 0.1) is 5.02 Å². The van der Waals surface area contributed by atoms with Crippen molar-refractivity contribution in [2.45, 2.75) is 6.18 Å². The highest BCUT2D eigenvalue weighted by atomic mass is 35.5. The maximum atomic E-state index is 13.4. The Balaban J connectivity index is 2.09. The van der Waals surface area contributed by atoms with Crippen molar-refractivity contribution in [1.82, 2.24) is 14.3 Å². The maximum absolute atomic E-state index is 13.4. The van der Waals surface area contributed by atoms with Crippen molar-refractivity contribution in [3.05, 3.63) is 93.1 Å². The summed E-state index contributed by atoms with van der Waals surface area (Å²) >= 11 is 5.74. The number of pyridine rings is 1. The number of aliphatic imine (C=N–C) groups is 1. The zero-order chi connectivity index (χ0) is 26.8. The lowest BCUT2D eigenvalue weighted by molar-refractivity contribution is -0.141. The predicted octanol–water partition coefficient (Wildman–Crippen LogP) is 4.03. The van der Waals surface area contributed by atoms with Gasteiger partial charge in [0.15, 0.2) is 5.69 Å². The molecule has 0 bridgehead atoms. The summed E-state index contributed by atoms with van der Waals surface area (Å²) in [6.45, 7) is 3.68. The van der Waals surface area contributed by atoms with Gasteiger partial charge in [0.25, 0.3) is 5.56 Å². The van der Waals surface area contributed by atoms with Crippen molar-refractivity contribution in [2.24, 2.45) is 17.8 Å². The van der Waals surface area contributed by atoms with Crippen LogP contribution in [0.15, 0.2) is 64.9 Å². The number of alkyl halides is 3. The van der Waals surface area contributed by atoms with Gasteiger partial charge in [0.1, 0.15) is 23.0 Å². The summed E-state index contributed by atoms with van der Waals surface area (Å²) in [5.74, 6) is -2.54. The Labute approximate surface area is 205 Å². The van der Waals surface area contributed by atoms with Crippen LogP contribution in [-0.4, -0.2) is 31.6 Å². The van der Waals surface area contributed by atoms with Crippen LogP contribution in [0.3, 0.4) is 0 Å². The number of carboxylic acid groups (broad SMARTS) is 1. The molecule has 0 unspecified atom stereocenters. The number of carbonyl (C=O) groups is 1. The van der Waals surface area contributed by atoms with Gasteiger partial charge >= 0.3 is 12.1 Å². The molecule has 188 valence electrons. The molecule has 0 spiro atoms. The first-order chi connectivity index (χ1) is 16.8. The van der Waals surface area contributed by atoms with Gasteiger partial charge in [-0.1, -0.05) is 18.2 Å². The second kappa shape index (κ2) is 10.1. The molecule has 36 heavy (non-hydrogen) atoms. The lowest BCUT2D eigenvalue weighted by Gasteiger charge is -2.12. The minimum Gasteiger partial charge on any atom is -0.477 e. The quantitative estimate of drug-likeness (QED) is 0.316. The van der Waals surface area contributed by atoms with Crippen molar-refractivity contribution >= 4 is 40.9 Å². The number of anilines is 1. The van der Waals surface area contributed by atoms with Crippen molar-refractivity contribution < 1.29 is 27.5 Å². The van der Waals surface area contributed by atoms with Crippen molar-refractivity contribution in [1.29, 1.82) is 0 Å². The van der Waals surface area contributed by atoms with Crippen LogP contribution in [0.5, 0.6) is 0 Å². The molecule has 0 aliphatic heterocycles. The second-order valence-electron chi connectivity index (χ2n) is 7.26. The number of allylic oxidation sites excluding steroid dienone is 1. The summed E-state index contributed by atoms with van der Waals surface area (Å²) in [4.78, 5) is 27.8. The number of carboxylic acids is 1. The Hall–Kier alpha value is -4.39. The molecular formula is C22H17ClF4N6O3. The average Bonchev–Trinajstić information content (AvgIpc) is 3.29. The Morgan fingerprint density at radius 3 is 2.58 bits per heavy atom. The minimum absolute atomic E-state index is 0.0114. The molecule has 2 aromatic heterocycles. The molecule has 0 amide bonds. The van der Waals surface area contributed by atoms with Crippen molar-refractivity contribution in [3.8, 4) is 0 Å². The minimum atomic E-state index is -4.73. The first kappa shape index (κ1) is 26.2. The van der Waals surface area contributed by atoms with Crippen LogP contribution in [0.4, 0.5) is 23.2 Å². The van der Waals surface area contributed by atoms with E-state index in [1.54, 1.807) is 0 Å². The first-order valence-corrected chi connectivity index (χ1v) is 10.2. The molecule has 0 radical (unpaired) electrons. The van der Waals surface area contributed by atoms with Gasteiger partial charge in [-0.25, -0.2) is 18.9 Å². The molecule has 0 saturated carbocycles. The van der Waals surface area contributed by atoms with E-state index in [0.717, 1.165) is 33.8 Å². The second-order valence-corrected chi connectivity index (χ2v) is 7.67. The molecule has 2 heterocycles. The smallest absolute Gasteiger partial charge is 0.435 e. The number of aromatic nitrogens is 3. The molecule has 9 nitrogen and oxygen atoms in total. The number of hydrogen-bond acceptors (Lipinski definition) is 6. The molecule has 0 atom stereocenters. The fourth-order valence-corrected chi connectivity index (χ4v) is 3.13. The topological polar surface area (TPSA) is 128 Å². The number of benzene rings is 1. The number of aryl methyl sites for hydroxylation is 1. The highest BCUT2D eigenvalue weighted by molar-refractivity contribution is 6.31. The molecular weight excluding hydrogens is 508 g/mol. The molecule has 0 aliphatic carbocycles. The third-order valence-electron chi connectivity index (χ3n) is 4.68. The molecule has 4 N–H and O–H groups in total. The first-order valence-electron chi connectivity index (χ1n) is 9.80. The zero-order valence-electron chi connectivity index (χ0n) is 18.3. The summed E-state index contributed by atoms with van der Waals surface area (Å²) in [5.41, 5.74) is 3.74. The third kappa shape index (κ3) is 5.81. The highest BCUT2D eigenvalue weighted by Crippen LogP contribution is 2.28. The van der Waals surface area contributed by atoms with Crippen molar-refractivity contribution in [3.63, 3.8) is 0 Å². The summed E-state index contributed by atoms with van der Waals surface area (Å²) < 4.78 is 54.2. The Morgan fingerprint density at radius 1 is 1.31 bits per heavy atom. The normalized spacial score (nSPS) is 12.5. The number of aromatic carboxylic acids is 1. The summed E-state index contributed by atoms with van der Waals surface area (Å²) in [7, 11) is 1.29. The van der Waals surface area contributed by atoms with Crippen LogP contribution in [0, 0.1) is 5.82 Å². The van der Waals surface area contributed by atoms with E-state index in [4.69, 9.17) is 17.3 Å². The Kier molecular flexibility index (Phi) is 7.34. The Bertz CT molecular complexity index is 1470. The predicted molar refractivity (Wildman–Crippen MR) is 126 cm³/mol. The van der Waals surface area contributed by atoms with Crippen LogP contribution >= 0.6 is 11.6 Å². The SMILES string of the molecule is C=C(/N=C\C(=C(/N)n1ccc(C(F)(F)F)n1)c1cc(C(=O)O)c(=O)n(C)c1)Nc1ccc(F)c(Cl)c1. The zero-order valence-corrected chi connectivity index (χ0v) is 19.1. The number of halogens is 5. The van der Waals surface area contributed by atoms with E-state index in [2.05, 4.69) is 22.0 Å². The molecule has 0 aliphatic rings. The molecule has 3 aromatic rings.